The quantitative estimate of drug-likeness (QED) is 0.629. The van der Waals surface area contributed by atoms with Crippen molar-refractivity contribution in [3.8, 4) is 0 Å². The van der Waals surface area contributed by atoms with Gasteiger partial charge in [0.1, 0.15) is 11.6 Å². The maximum absolute atomic E-state index is 13.1. The number of nitrogens with zero attached hydrogens (tertiary/aromatic N) is 2. The van der Waals surface area contributed by atoms with Gasteiger partial charge in [-0.1, -0.05) is 6.07 Å². The molecule has 112 valence electrons. The van der Waals surface area contributed by atoms with Gasteiger partial charge in [0.05, 0.1) is 11.0 Å². The zero-order chi connectivity index (χ0) is 15.4. The molecule has 3 rings (SSSR count). The van der Waals surface area contributed by atoms with Crippen LogP contribution in [0.25, 0.3) is 11.0 Å². The minimum atomic E-state index is -0.373. The molecule has 3 N–H and O–H groups in total. The molecule has 0 aliphatic rings. The van der Waals surface area contributed by atoms with Crippen LogP contribution in [0.5, 0.6) is 0 Å². The number of halogens is 1. The highest BCUT2D eigenvalue weighted by atomic mass is 19.1. The number of aromatic amines is 1. The number of imidazole rings is 1. The normalized spacial score (nSPS) is 10.6. The molecular weight excluding hydrogens is 285 g/mol. The second-order valence-corrected chi connectivity index (χ2v) is 4.64. The average Bonchev–Trinajstić information content (AvgIpc) is 2.95. The van der Waals surface area contributed by atoms with E-state index < -0.39 is 0 Å². The van der Waals surface area contributed by atoms with Crippen molar-refractivity contribution in [1.82, 2.24) is 20.3 Å². The number of pyridine rings is 1. The van der Waals surface area contributed by atoms with Crippen LogP contribution in [0.1, 0.15) is 10.6 Å². The number of carbonyl (C=O) groups is 1. The lowest BCUT2D eigenvalue weighted by molar-refractivity contribution is 0.0946. The minimum absolute atomic E-state index is 0.165. The molecule has 0 aliphatic heterocycles. The summed E-state index contributed by atoms with van der Waals surface area (Å²) in [4.78, 5) is 23.0. The highest BCUT2D eigenvalue weighted by Gasteiger charge is 2.11. The molecule has 0 fully saturated rings. The van der Waals surface area contributed by atoms with Crippen LogP contribution < -0.4 is 10.6 Å². The second-order valence-electron chi connectivity index (χ2n) is 4.64. The fourth-order valence-corrected chi connectivity index (χ4v) is 2.01. The first-order valence-corrected chi connectivity index (χ1v) is 6.81. The van der Waals surface area contributed by atoms with Crippen molar-refractivity contribution < 1.29 is 9.18 Å². The van der Waals surface area contributed by atoms with Crippen molar-refractivity contribution in [3.63, 3.8) is 0 Å². The van der Waals surface area contributed by atoms with E-state index in [9.17, 15) is 9.18 Å². The molecule has 0 saturated heterocycles. The number of hydrogen-bond donors (Lipinski definition) is 3. The number of nitrogens with one attached hydrogen (secondary N) is 3. The summed E-state index contributed by atoms with van der Waals surface area (Å²) in [6.07, 6.45) is 1.69. The van der Waals surface area contributed by atoms with Crippen LogP contribution in [-0.2, 0) is 0 Å². The SMILES string of the molecule is O=C(NCCNc1ccccn1)c1nc2ccc(F)cc2[nH]1. The zero-order valence-corrected chi connectivity index (χ0v) is 11.6. The summed E-state index contributed by atoms with van der Waals surface area (Å²) < 4.78 is 13.1. The lowest BCUT2D eigenvalue weighted by Crippen LogP contribution is -2.29. The van der Waals surface area contributed by atoms with Gasteiger partial charge in [-0.25, -0.2) is 14.4 Å². The van der Waals surface area contributed by atoms with Gasteiger partial charge in [-0.2, -0.15) is 0 Å². The molecule has 0 aliphatic carbocycles. The number of rotatable bonds is 5. The van der Waals surface area contributed by atoms with E-state index >= 15 is 0 Å². The second kappa shape index (κ2) is 6.21. The molecule has 0 spiro atoms. The first-order chi connectivity index (χ1) is 10.7. The largest absolute Gasteiger partial charge is 0.368 e. The van der Waals surface area contributed by atoms with Crippen molar-refractivity contribution in [2.24, 2.45) is 0 Å². The molecule has 2 aromatic heterocycles. The summed E-state index contributed by atoms with van der Waals surface area (Å²) in [5.74, 6) is 0.205. The van der Waals surface area contributed by atoms with E-state index in [1.54, 1.807) is 6.20 Å². The van der Waals surface area contributed by atoms with Gasteiger partial charge in [0, 0.05) is 19.3 Å². The first-order valence-electron chi connectivity index (χ1n) is 6.81. The number of carbonyl (C=O) groups excluding carboxylic acids is 1. The average molecular weight is 299 g/mol. The Balaban J connectivity index is 1.54. The fourth-order valence-electron chi connectivity index (χ4n) is 2.01. The minimum Gasteiger partial charge on any atom is -0.368 e. The van der Waals surface area contributed by atoms with Crippen molar-refractivity contribution in [3.05, 3.63) is 54.2 Å². The summed E-state index contributed by atoms with van der Waals surface area (Å²) in [7, 11) is 0. The van der Waals surface area contributed by atoms with Gasteiger partial charge in [0.15, 0.2) is 5.82 Å². The maximum atomic E-state index is 13.1. The monoisotopic (exact) mass is 299 g/mol. The first kappa shape index (κ1) is 14.0. The number of H-pyrrole nitrogens is 1. The molecule has 0 radical (unpaired) electrons. The van der Waals surface area contributed by atoms with Crippen LogP contribution in [0.15, 0.2) is 42.6 Å². The Hall–Kier alpha value is -2.96. The molecule has 0 bridgehead atoms. The van der Waals surface area contributed by atoms with E-state index in [4.69, 9.17) is 0 Å². The molecule has 0 saturated carbocycles. The predicted molar refractivity (Wildman–Crippen MR) is 81.1 cm³/mol. The van der Waals surface area contributed by atoms with E-state index in [-0.39, 0.29) is 17.5 Å². The van der Waals surface area contributed by atoms with Gasteiger partial charge in [-0.05, 0) is 30.3 Å². The number of aromatic nitrogens is 3. The Morgan fingerprint density at radius 1 is 1.23 bits per heavy atom. The van der Waals surface area contributed by atoms with Crippen LogP contribution in [0.3, 0.4) is 0 Å². The summed E-state index contributed by atoms with van der Waals surface area (Å²) in [5.41, 5.74) is 1.05. The van der Waals surface area contributed by atoms with Crippen LogP contribution in [-0.4, -0.2) is 33.9 Å². The van der Waals surface area contributed by atoms with Gasteiger partial charge in [-0.3, -0.25) is 4.79 Å². The third kappa shape index (κ3) is 3.20. The Morgan fingerprint density at radius 3 is 2.95 bits per heavy atom. The van der Waals surface area contributed by atoms with Crippen LogP contribution in [0.4, 0.5) is 10.2 Å². The molecule has 22 heavy (non-hydrogen) atoms. The van der Waals surface area contributed by atoms with E-state index in [0.717, 1.165) is 5.82 Å². The lowest BCUT2D eigenvalue weighted by atomic mass is 10.3. The smallest absolute Gasteiger partial charge is 0.287 e. The standard InChI is InChI=1S/C15H14FN5O/c16-10-4-5-11-12(9-10)21-14(20-11)15(22)19-8-7-18-13-3-1-2-6-17-13/h1-6,9H,7-8H2,(H,17,18)(H,19,22)(H,20,21). The Morgan fingerprint density at radius 2 is 2.14 bits per heavy atom. The third-order valence-electron chi connectivity index (χ3n) is 3.04. The highest BCUT2D eigenvalue weighted by Crippen LogP contribution is 2.12. The van der Waals surface area contributed by atoms with Crippen molar-refractivity contribution in [2.45, 2.75) is 0 Å². The summed E-state index contributed by atoms with van der Waals surface area (Å²) in [5, 5.41) is 5.81. The Labute approximate surface area is 125 Å². The maximum Gasteiger partial charge on any atom is 0.287 e. The van der Waals surface area contributed by atoms with Crippen LogP contribution in [0.2, 0.25) is 0 Å². The van der Waals surface area contributed by atoms with Crippen LogP contribution >= 0.6 is 0 Å². The van der Waals surface area contributed by atoms with Crippen molar-refractivity contribution in [1.29, 1.82) is 0 Å². The predicted octanol–water partition coefficient (Wildman–Crippen LogP) is 1.94. The lowest BCUT2D eigenvalue weighted by Gasteiger charge is -2.05. The molecular formula is C15H14FN5O. The number of hydrogen-bond acceptors (Lipinski definition) is 4. The van der Waals surface area contributed by atoms with E-state index in [2.05, 4.69) is 25.6 Å². The number of benzene rings is 1. The van der Waals surface area contributed by atoms with Crippen LogP contribution in [0, 0.1) is 5.82 Å². The summed E-state index contributed by atoms with van der Waals surface area (Å²) >= 11 is 0. The van der Waals surface area contributed by atoms with Crippen molar-refractivity contribution in [2.75, 3.05) is 18.4 Å². The van der Waals surface area contributed by atoms with Gasteiger partial charge in [0.25, 0.3) is 5.91 Å². The van der Waals surface area contributed by atoms with Gasteiger partial charge < -0.3 is 15.6 Å². The Bertz CT molecular complexity index is 787. The van der Waals surface area contributed by atoms with Crippen molar-refractivity contribution >= 4 is 22.8 Å². The fraction of sp³-hybridized carbons (Fsp3) is 0.133. The number of fused-ring (bicyclic) bond motifs is 1. The molecule has 2 heterocycles. The Kier molecular flexibility index (Phi) is 3.95. The van der Waals surface area contributed by atoms with Gasteiger partial charge in [-0.15, -0.1) is 0 Å². The zero-order valence-electron chi connectivity index (χ0n) is 11.6. The number of anilines is 1. The topological polar surface area (TPSA) is 82.7 Å². The molecule has 1 amide bonds. The van der Waals surface area contributed by atoms with Gasteiger partial charge >= 0.3 is 0 Å². The van der Waals surface area contributed by atoms with E-state index in [0.29, 0.717) is 24.1 Å². The summed E-state index contributed by atoms with van der Waals surface area (Å²) in [6.45, 7) is 0.957. The molecule has 7 heteroatoms. The molecule has 0 unspecified atom stereocenters. The number of amides is 1. The summed E-state index contributed by atoms with van der Waals surface area (Å²) in [6, 6.07) is 9.69. The van der Waals surface area contributed by atoms with E-state index in [1.807, 2.05) is 18.2 Å². The molecule has 1 aromatic carbocycles. The molecule has 6 nitrogen and oxygen atoms in total. The van der Waals surface area contributed by atoms with E-state index in [1.165, 1.54) is 18.2 Å². The third-order valence-corrected chi connectivity index (χ3v) is 3.04. The molecule has 0 atom stereocenters. The highest BCUT2D eigenvalue weighted by molar-refractivity contribution is 5.94. The molecule has 3 aromatic rings. The van der Waals surface area contributed by atoms with Gasteiger partial charge in [0.2, 0.25) is 0 Å².